The van der Waals surface area contributed by atoms with E-state index in [4.69, 9.17) is 4.42 Å². The minimum atomic E-state index is -0.135. The zero-order valence-electron chi connectivity index (χ0n) is 35.4. The van der Waals surface area contributed by atoms with Crippen molar-refractivity contribution in [2.24, 2.45) is 0 Å². The first-order chi connectivity index (χ1) is 30.3. The van der Waals surface area contributed by atoms with Gasteiger partial charge in [-0.3, -0.25) is 0 Å². The molecule has 0 amide bonds. The van der Waals surface area contributed by atoms with Crippen LogP contribution in [0.25, 0.3) is 87.6 Å². The highest BCUT2D eigenvalue weighted by Crippen LogP contribution is 2.53. The average Bonchev–Trinajstić information content (AvgIpc) is 3.88. The Hall–Kier alpha value is -7.22. The van der Waals surface area contributed by atoms with E-state index in [1.807, 2.05) is 0 Å². The molecule has 294 valence electrons. The average molecular weight is 793 g/mol. The molecule has 2 aliphatic carbocycles. The van der Waals surface area contributed by atoms with Gasteiger partial charge < -0.3 is 4.42 Å². The van der Waals surface area contributed by atoms with E-state index in [1.165, 1.54) is 99.1 Å². The lowest BCUT2D eigenvalue weighted by molar-refractivity contribution is 0.656. The molecule has 0 radical (unpaired) electrons. The number of fused-ring (bicyclic) bond motifs is 13. The molecule has 0 saturated heterocycles. The summed E-state index contributed by atoms with van der Waals surface area (Å²) < 4.78 is 7.52. The van der Waals surface area contributed by atoms with Crippen molar-refractivity contribution in [3.05, 3.63) is 227 Å². The fraction of sp³-hybridized carbons (Fsp3) is 0.115. The maximum absolute atomic E-state index is 7.52. The topological polar surface area (TPSA) is 13.1 Å². The molecule has 0 bridgehead atoms. The summed E-state index contributed by atoms with van der Waals surface area (Å²) in [5, 5.41) is 9.75. The molecule has 1 unspecified atom stereocenters. The van der Waals surface area contributed by atoms with Crippen LogP contribution in [-0.4, -0.2) is 0 Å². The molecule has 0 N–H and O–H groups in total. The molecule has 0 aliphatic heterocycles. The van der Waals surface area contributed by atoms with E-state index < -0.39 is 0 Å². The highest BCUT2D eigenvalue weighted by molar-refractivity contribution is 6.19. The van der Waals surface area contributed by atoms with Gasteiger partial charge in [0.2, 0.25) is 0 Å². The van der Waals surface area contributed by atoms with Gasteiger partial charge in [0.05, 0.1) is 0 Å². The first kappa shape index (κ1) is 35.5. The highest BCUT2D eigenvalue weighted by atomic mass is 16.3. The largest absolute Gasteiger partial charge is 0.455 e. The van der Waals surface area contributed by atoms with Crippen molar-refractivity contribution >= 4 is 54.3 Å². The van der Waals surface area contributed by atoms with E-state index in [-0.39, 0.29) is 16.7 Å². The van der Waals surface area contributed by atoms with E-state index in [2.05, 4.69) is 216 Å². The second-order valence-electron chi connectivity index (χ2n) is 18.7. The highest BCUT2D eigenvalue weighted by Gasteiger charge is 2.38. The second kappa shape index (κ2) is 12.7. The Balaban J connectivity index is 1.10. The predicted octanol–water partition coefficient (Wildman–Crippen LogP) is 16.5. The summed E-state index contributed by atoms with van der Waals surface area (Å²) in [4.78, 5) is 0. The molecule has 11 aromatic rings. The van der Waals surface area contributed by atoms with Crippen molar-refractivity contribution in [3.8, 4) is 33.4 Å². The number of hydrogen-bond acceptors (Lipinski definition) is 1. The van der Waals surface area contributed by atoms with Crippen LogP contribution in [-0.2, 0) is 10.8 Å². The summed E-state index contributed by atoms with van der Waals surface area (Å²) in [6.45, 7) is 9.49. The van der Waals surface area contributed by atoms with Crippen molar-refractivity contribution in [1.82, 2.24) is 0 Å². The minimum absolute atomic E-state index is 0.115. The van der Waals surface area contributed by atoms with Crippen molar-refractivity contribution in [1.29, 1.82) is 0 Å². The number of rotatable bonds is 4. The molecule has 2 aliphatic rings. The summed E-state index contributed by atoms with van der Waals surface area (Å²) in [5.74, 6) is -0.115. The zero-order valence-corrected chi connectivity index (χ0v) is 35.4. The van der Waals surface area contributed by atoms with Gasteiger partial charge in [-0.05, 0) is 112 Å². The van der Waals surface area contributed by atoms with E-state index in [0.717, 1.165) is 27.5 Å². The third-order valence-corrected chi connectivity index (χ3v) is 14.8. The van der Waals surface area contributed by atoms with Gasteiger partial charge in [0.1, 0.15) is 11.2 Å². The summed E-state index contributed by atoms with van der Waals surface area (Å²) in [6, 6.07) is 70.5. The van der Waals surface area contributed by atoms with Gasteiger partial charge in [-0.1, -0.05) is 198 Å². The van der Waals surface area contributed by atoms with Gasteiger partial charge in [0, 0.05) is 38.6 Å². The van der Waals surface area contributed by atoms with Crippen molar-refractivity contribution in [2.45, 2.75) is 44.4 Å². The summed E-state index contributed by atoms with van der Waals surface area (Å²) in [6.07, 6.45) is 0. The van der Waals surface area contributed by atoms with Gasteiger partial charge >= 0.3 is 0 Å². The maximum atomic E-state index is 7.52. The molecular formula is C61H44O. The second-order valence-corrected chi connectivity index (χ2v) is 18.7. The quantitative estimate of drug-likeness (QED) is 0.128. The third kappa shape index (κ3) is 4.80. The first-order valence-electron chi connectivity index (χ1n) is 22.0. The first-order valence-corrected chi connectivity index (χ1v) is 22.0. The number of benzene rings is 10. The Bertz CT molecular complexity index is 3700. The molecule has 1 heterocycles. The van der Waals surface area contributed by atoms with E-state index in [9.17, 15) is 0 Å². The maximum Gasteiger partial charge on any atom is 0.143 e. The van der Waals surface area contributed by atoms with Gasteiger partial charge in [0.15, 0.2) is 0 Å². The van der Waals surface area contributed by atoms with E-state index in [0.29, 0.717) is 0 Å². The lowest BCUT2D eigenvalue weighted by Gasteiger charge is -2.26. The van der Waals surface area contributed by atoms with E-state index in [1.54, 1.807) is 0 Å². The minimum Gasteiger partial charge on any atom is -0.455 e. The molecule has 1 heteroatoms. The van der Waals surface area contributed by atoms with Crippen LogP contribution in [0.4, 0.5) is 0 Å². The molecule has 1 aromatic heterocycles. The number of hydrogen-bond donors (Lipinski definition) is 0. The van der Waals surface area contributed by atoms with Gasteiger partial charge in [-0.15, -0.1) is 0 Å². The Labute approximate surface area is 361 Å². The van der Waals surface area contributed by atoms with Crippen molar-refractivity contribution in [2.75, 3.05) is 0 Å². The van der Waals surface area contributed by atoms with Crippen LogP contribution in [0, 0.1) is 0 Å². The molecule has 0 fully saturated rings. The molecule has 0 spiro atoms. The third-order valence-electron chi connectivity index (χ3n) is 14.8. The molecule has 13 rings (SSSR count). The predicted molar refractivity (Wildman–Crippen MR) is 261 cm³/mol. The number of furan rings is 1. The van der Waals surface area contributed by atoms with Gasteiger partial charge in [0.25, 0.3) is 0 Å². The smallest absolute Gasteiger partial charge is 0.143 e. The summed E-state index contributed by atoms with van der Waals surface area (Å²) in [5.41, 5.74) is 18.5. The molecule has 10 aromatic carbocycles. The molecule has 62 heavy (non-hydrogen) atoms. The van der Waals surface area contributed by atoms with Gasteiger partial charge in [-0.25, -0.2) is 0 Å². The lowest BCUT2D eigenvalue weighted by atomic mass is 9.77. The van der Waals surface area contributed by atoms with Crippen molar-refractivity contribution in [3.63, 3.8) is 0 Å². The fourth-order valence-corrected chi connectivity index (χ4v) is 11.7. The van der Waals surface area contributed by atoms with E-state index >= 15 is 0 Å². The van der Waals surface area contributed by atoms with Crippen LogP contribution in [0.2, 0.25) is 0 Å². The Morgan fingerprint density at radius 3 is 1.63 bits per heavy atom. The van der Waals surface area contributed by atoms with Crippen LogP contribution in [0.5, 0.6) is 0 Å². The SMILES string of the molecule is CC1(C)c2ccccc2-c2ccc(-c3c4ccccc4cc4c3oc3c(C(c5ccc6c(c5)C(C)(C)c5ccccc5-6)c5cc6ccccc6c6ccccc56)cccc34)cc21. The normalized spacial score (nSPS) is 15.0. The van der Waals surface area contributed by atoms with Crippen LogP contribution < -0.4 is 0 Å². The Morgan fingerprint density at radius 1 is 0.355 bits per heavy atom. The Morgan fingerprint density at radius 2 is 0.903 bits per heavy atom. The molecular weight excluding hydrogens is 749 g/mol. The van der Waals surface area contributed by atoms with Crippen LogP contribution in [0.15, 0.2) is 192 Å². The van der Waals surface area contributed by atoms with Crippen LogP contribution >= 0.6 is 0 Å². The fourth-order valence-electron chi connectivity index (χ4n) is 11.7. The molecule has 0 saturated carbocycles. The Kier molecular flexibility index (Phi) is 7.26. The summed E-state index contributed by atoms with van der Waals surface area (Å²) in [7, 11) is 0. The van der Waals surface area contributed by atoms with Crippen molar-refractivity contribution < 1.29 is 4.42 Å². The van der Waals surface area contributed by atoms with Gasteiger partial charge in [-0.2, -0.15) is 0 Å². The summed E-state index contributed by atoms with van der Waals surface area (Å²) >= 11 is 0. The monoisotopic (exact) mass is 792 g/mol. The zero-order chi connectivity index (χ0) is 41.5. The molecule has 1 atom stereocenters. The van der Waals surface area contributed by atoms with Crippen LogP contribution in [0.1, 0.15) is 72.6 Å². The lowest BCUT2D eigenvalue weighted by Crippen LogP contribution is -2.16. The molecule has 1 nitrogen and oxygen atoms in total. The standard InChI is InChI=1S/C61H44O/c1-60(2)52-26-13-11-22-44(52)46-30-28-38(34-54(46)60)56(50-32-36-16-5-7-18-40(36)42-20-9-10-21-43(42)50)49-25-15-24-48-51-33-37-17-6-8-19-41(37)57(59(51)62-58(48)49)39-29-31-47-45-23-12-14-27-53(45)61(3,4)55(47)35-39/h5-35,56H,1-4H3. The van der Waals surface area contributed by atoms with Crippen LogP contribution in [0.3, 0.4) is 0 Å². The number of para-hydroxylation sites is 1.